The summed E-state index contributed by atoms with van der Waals surface area (Å²) in [5, 5.41) is 10.8. The van der Waals surface area contributed by atoms with Crippen molar-refractivity contribution in [2.24, 2.45) is 11.8 Å². The summed E-state index contributed by atoms with van der Waals surface area (Å²) in [6, 6.07) is 17.4. The molecule has 3 saturated heterocycles. The molecular weight excluding hydrogens is 566 g/mol. The Balaban J connectivity index is 1.59. The minimum atomic E-state index is -1.19. The number of nitrogens with zero attached hydrogens (tertiary/aromatic N) is 3. The molecule has 45 heavy (non-hydrogen) atoms. The van der Waals surface area contributed by atoms with E-state index in [1.807, 2.05) is 67.6 Å². The monoisotopic (exact) mass is 613 g/mol. The molecule has 0 aromatic heterocycles. The molecule has 3 fully saturated rings. The second kappa shape index (κ2) is 13.7. The number of ether oxygens (including phenoxy) is 1. The Morgan fingerprint density at radius 3 is 2.31 bits per heavy atom. The third kappa shape index (κ3) is 5.86. The highest BCUT2D eigenvalue weighted by Crippen LogP contribution is 2.64. The zero-order chi connectivity index (χ0) is 32.2. The summed E-state index contributed by atoms with van der Waals surface area (Å²) in [6.07, 6.45) is 7.58. The molecule has 3 aliphatic heterocycles. The van der Waals surface area contributed by atoms with Gasteiger partial charge in [0.25, 0.3) is 0 Å². The number of aliphatic hydroxyl groups excluding tert-OH is 1. The molecule has 2 aromatic rings. The lowest BCUT2D eigenvalue weighted by Crippen LogP contribution is -2.59. The van der Waals surface area contributed by atoms with Crippen LogP contribution in [0.5, 0.6) is 0 Å². The van der Waals surface area contributed by atoms with Gasteiger partial charge in [-0.15, -0.1) is 13.2 Å². The topological polar surface area (TPSA) is 90.4 Å². The molecule has 2 unspecified atom stereocenters. The minimum absolute atomic E-state index is 0.211. The first kappa shape index (κ1) is 32.6. The van der Waals surface area contributed by atoms with Gasteiger partial charge in [0.15, 0.2) is 0 Å². The molecule has 240 valence electrons. The van der Waals surface area contributed by atoms with Crippen LogP contribution in [-0.2, 0) is 25.5 Å². The zero-order valence-electron chi connectivity index (χ0n) is 26.6. The van der Waals surface area contributed by atoms with Crippen molar-refractivity contribution >= 4 is 23.4 Å². The van der Waals surface area contributed by atoms with Crippen LogP contribution in [-0.4, -0.2) is 82.2 Å². The van der Waals surface area contributed by atoms with Gasteiger partial charge in [-0.05, 0) is 50.3 Å². The average Bonchev–Trinajstić information content (AvgIpc) is 3.63. The van der Waals surface area contributed by atoms with Crippen LogP contribution >= 0.6 is 0 Å². The van der Waals surface area contributed by atoms with E-state index in [4.69, 9.17) is 4.74 Å². The Morgan fingerprint density at radius 2 is 1.69 bits per heavy atom. The smallest absolute Gasteiger partial charge is 0.248 e. The second-order valence-electron chi connectivity index (χ2n) is 12.9. The van der Waals surface area contributed by atoms with Crippen LogP contribution in [0.1, 0.15) is 51.5 Å². The Hall–Kier alpha value is -3.75. The maximum atomic E-state index is 14.8. The van der Waals surface area contributed by atoms with Crippen LogP contribution in [0.25, 0.3) is 0 Å². The van der Waals surface area contributed by atoms with Gasteiger partial charge in [0.1, 0.15) is 11.6 Å². The van der Waals surface area contributed by atoms with Crippen LogP contribution in [0.3, 0.4) is 0 Å². The Kier molecular flexibility index (Phi) is 9.94. The molecule has 0 saturated carbocycles. The van der Waals surface area contributed by atoms with Crippen molar-refractivity contribution in [1.29, 1.82) is 0 Å². The summed E-state index contributed by atoms with van der Waals surface area (Å²) in [7, 11) is 0. The molecule has 1 N–H and O–H groups in total. The molecule has 3 amide bonds. The van der Waals surface area contributed by atoms with E-state index in [1.165, 1.54) is 0 Å². The van der Waals surface area contributed by atoms with Gasteiger partial charge in [0, 0.05) is 25.3 Å². The lowest BCUT2D eigenvalue weighted by Gasteiger charge is -2.39. The first-order valence-electron chi connectivity index (χ1n) is 16.3. The van der Waals surface area contributed by atoms with Crippen molar-refractivity contribution < 1.29 is 24.2 Å². The highest BCUT2D eigenvalue weighted by atomic mass is 16.5. The van der Waals surface area contributed by atoms with Crippen molar-refractivity contribution in [3.8, 4) is 0 Å². The van der Waals surface area contributed by atoms with Gasteiger partial charge in [0.2, 0.25) is 17.7 Å². The van der Waals surface area contributed by atoms with Crippen LogP contribution in [0, 0.1) is 11.8 Å². The molecule has 2 bridgehead atoms. The first-order chi connectivity index (χ1) is 21.8. The van der Waals surface area contributed by atoms with E-state index in [0.29, 0.717) is 38.0 Å². The van der Waals surface area contributed by atoms with Crippen LogP contribution in [0.4, 0.5) is 5.69 Å². The first-order valence-corrected chi connectivity index (χ1v) is 16.3. The van der Waals surface area contributed by atoms with E-state index in [9.17, 15) is 19.5 Å². The molecule has 0 aliphatic carbocycles. The number of unbranched alkanes of at least 4 members (excludes halogenated alkanes) is 2. The van der Waals surface area contributed by atoms with Gasteiger partial charge in [-0.2, -0.15) is 0 Å². The fraction of sp³-hybridized carbons (Fsp3) is 0.486. The lowest BCUT2D eigenvalue weighted by atomic mass is 9.66. The molecule has 3 heterocycles. The number of rotatable bonds is 15. The number of hydrogen-bond donors (Lipinski definition) is 1. The number of anilines is 1. The van der Waals surface area contributed by atoms with E-state index >= 15 is 0 Å². The summed E-state index contributed by atoms with van der Waals surface area (Å²) in [6.45, 7) is 12.6. The van der Waals surface area contributed by atoms with Gasteiger partial charge in [-0.1, -0.05) is 80.4 Å². The number of fused-ring (bicyclic) bond motifs is 1. The number of carbonyl (C=O) groups excluding carboxylic acids is 3. The number of benzene rings is 2. The van der Waals surface area contributed by atoms with Crippen molar-refractivity contribution in [1.82, 2.24) is 9.80 Å². The van der Waals surface area contributed by atoms with Gasteiger partial charge < -0.3 is 24.5 Å². The third-order valence-corrected chi connectivity index (χ3v) is 9.97. The number of aliphatic hydroxyl groups is 1. The van der Waals surface area contributed by atoms with E-state index in [2.05, 4.69) is 20.1 Å². The predicted molar refractivity (Wildman–Crippen MR) is 175 cm³/mol. The van der Waals surface area contributed by atoms with E-state index in [-0.39, 0.29) is 30.9 Å². The molecule has 5 rings (SSSR count). The number of hydrogen-bond acceptors (Lipinski definition) is 5. The summed E-state index contributed by atoms with van der Waals surface area (Å²) in [5.41, 5.74) is -0.450. The molecule has 6 atom stereocenters. The van der Waals surface area contributed by atoms with E-state index < -0.39 is 35.1 Å². The van der Waals surface area contributed by atoms with Gasteiger partial charge in [0.05, 0.1) is 30.1 Å². The largest absolute Gasteiger partial charge is 0.394 e. The molecular formula is C37H47N3O5. The SMILES string of the molecule is C=CCN(CCCCC)C(=O)C1N([C@@H](CO)Cc2ccccc2)C(=O)[C@@H]2[C@H](C(=O)N(CC=C)c3ccccc3)[C@]3(C)CCC12O3. The Bertz CT molecular complexity index is 1380. The normalized spacial score (nSPS) is 27.2. The van der Waals surface area contributed by atoms with Crippen LogP contribution in [0.15, 0.2) is 86.0 Å². The summed E-state index contributed by atoms with van der Waals surface area (Å²) in [5.74, 6) is -2.39. The fourth-order valence-electron chi connectivity index (χ4n) is 7.95. The molecule has 8 nitrogen and oxygen atoms in total. The highest BCUT2D eigenvalue weighted by molar-refractivity contribution is 6.03. The number of amides is 3. The van der Waals surface area contributed by atoms with Crippen LogP contribution in [0.2, 0.25) is 0 Å². The van der Waals surface area contributed by atoms with E-state index in [0.717, 1.165) is 24.8 Å². The van der Waals surface area contributed by atoms with Crippen molar-refractivity contribution in [3.63, 3.8) is 0 Å². The Morgan fingerprint density at radius 1 is 1.02 bits per heavy atom. The predicted octanol–water partition coefficient (Wildman–Crippen LogP) is 4.78. The molecule has 3 aliphatic rings. The molecule has 1 spiro atoms. The Labute approximate surface area is 267 Å². The van der Waals surface area contributed by atoms with Crippen LogP contribution < -0.4 is 4.90 Å². The number of likely N-dealkylation sites (tertiary alicyclic amines) is 1. The number of carbonyl (C=O) groups is 3. The lowest BCUT2D eigenvalue weighted by molar-refractivity contribution is -0.154. The highest BCUT2D eigenvalue weighted by Gasteiger charge is 2.78. The van der Waals surface area contributed by atoms with E-state index in [1.54, 1.807) is 26.9 Å². The van der Waals surface area contributed by atoms with Gasteiger partial charge in [-0.25, -0.2) is 0 Å². The third-order valence-electron chi connectivity index (χ3n) is 9.97. The summed E-state index contributed by atoms with van der Waals surface area (Å²) >= 11 is 0. The standard InChI is InChI=1S/C37H47N3O5/c1-5-8-15-24-38(22-6-2)35(44)32-37-21-20-36(4,45-37)30(33(42)39(23-7-3)28-18-13-10-14-19-28)31(37)34(43)40(32)29(26-41)25-27-16-11-9-12-17-27/h6-7,9-14,16-19,29-32,41H,2-3,5,8,15,20-26H2,1,4H3/t29-,30-,31+,32?,36+,37?/m1/s1. The quantitative estimate of drug-likeness (QED) is 0.231. The van der Waals surface area contributed by atoms with Gasteiger partial charge in [-0.3, -0.25) is 14.4 Å². The zero-order valence-corrected chi connectivity index (χ0v) is 26.6. The maximum Gasteiger partial charge on any atom is 0.248 e. The number of para-hydroxylation sites is 1. The summed E-state index contributed by atoms with van der Waals surface area (Å²) < 4.78 is 6.91. The van der Waals surface area contributed by atoms with Crippen molar-refractivity contribution in [2.45, 2.75) is 75.7 Å². The average molecular weight is 614 g/mol. The minimum Gasteiger partial charge on any atom is -0.394 e. The fourth-order valence-corrected chi connectivity index (χ4v) is 7.95. The van der Waals surface area contributed by atoms with Crippen molar-refractivity contribution in [3.05, 3.63) is 91.5 Å². The van der Waals surface area contributed by atoms with Gasteiger partial charge >= 0.3 is 0 Å². The molecule has 2 aromatic carbocycles. The molecule has 0 radical (unpaired) electrons. The second-order valence-corrected chi connectivity index (χ2v) is 12.9. The maximum absolute atomic E-state index is 14.8. The van der Waals surface area contributed by atoms with Crippen molar-refractivity contribution in [2.75, 3.05) is 31.1 Å². The summed E-state index contributed by atoms with van der Waals surface area (Å²) in [4.78, 5) is 49.2. The molecule has 8 heteroatoms.